The van der Waals surface area contributed by atoms with Crippen molar-refractivity contribution in [3.63, 3.8) is 0 Å². The average Bonchev–Trinajstić information content (AvgIpc) is 2.64. The van der Waals surface area contributed by atoms with E-state index in [9.17, 15) is 18.8 Å². The standard InChI is InChI=1S/C18H27NO9P2/c1-14(11-12-27-30(24,25)28-29(21,22)23)5-4-6-15(2)13-19-17-9-7-16(8-10-17)18(20)26-3/h6-11,19H,4-5,12-13H2,1-3H3,(H,24,25)(H2,21,22,23)/b14-11+,15-6+. The summed E-state index contributed by atoms with van der Waals surface area (Å²) >= 11 is 0. The van der Waals surface area contributed by atoms with Crippen molar-refractivity contribution in [2.75, 3.05) is 25.6 Å². The lowest BCUT2D eigenvalue weighted by Gasteiger charge is -2.11. The zero-order chi connectivity index (χ0) is 22.8. The molecule has 4 N–H and O–H groups in total. The first kappa shape index (κ1) is 26.3. The highest BCUT2D eigenvalue weighted by atomic mass is 31.3. The molecule has 0 spiro atoms. The van der Waals surface area contributed by atoms with Crippen LogP contribution in [0.1, 0.15) is 37.0 Å². The Morgan fingerprint density at radius 3 is 2.27 bits per heavy atom. The lowest BCUT2D eigenvalue weighted by molar-refractivity contribution is 0.0600. The Morgan fingerprint density at radius 2 is 1.70 bits per heavy atom. The van der Waals surface area contributed by atoms with Gasteiger partial charge < -0.3 is 24.7 Å². The normalized spacial score (nSPS) is 14.9. The molecule has 1 rings (SSSR count). The molecule has 0 aliphatic heterocycles. The summed E-state index contributed by atoms with van der Waals surface area (Å²) in [5.41, 5.74) is 3.33. The Balaban J connectivity index is 2.38. The maximum Gasteiger partial charge on any atom is 0.481 e. The number of phosphoric acid groups is 2. The lowest BCUT2D eigenvalue weighted by atomic mass is 10.1. The van der Waals surface area contributed by atoms with Crippen LogP contribution in [-0.2, 0) is 22.7 Å². The van der Waals surface area contributed by atoms with E-state index in [0.717, 1.165) is 23.3 Å². The molecule has 30 heavy (non-hydrogen) atoms. The SMILES string of the molecule is COC(=O)c1ccc(NC/C(C)=C/CC/C(C)=C/COP(=O)(O)OP(=O)(O)O)cc1. The minimum atomic E-state index is -5.11. The van der Waals surface area contributed by atoms with Crippen LogP contribution in [0.25, 0.3) is 0 Å². The van der Waals surface area contributed by atoms with Gasteiger partial charge in [-0.25, -0.2) is 13.9 Å². The van der Waals surface area contributed by atoms with Gasteiger partial charge in [-0.05, 0) is 51.0 Å². The van der Waals surface area contributed by atoms with Crippen molar-refractivity contribution in [1.29, 1.82) is 0 Å². The number of hydrogen-bond acceptors (Lipinski definition) is 7. The molecule has 1 unspecified atom stereocenters. The van der Waals surface area contributed by atoms with E-state index in [1.54, 1.807) is 31.2 Å². The van der Waals surface area contributed by atoms with Crippen LogP contribution in [0.15, 0.2) is 47.6 Å². The Labute approximate surface area is 175 Å². The number of carbonyl (C=O) groups is 1. The number of esters is 1. The molecule has 0 amide bonds. The fourth-order valence-corrected chi connectivity index (χ4v) is 3.76. The number of ether oxygens (including phenoxy) is 1. The maximum absolute atomic E-state index is 11.4. The fourth-order valence-electron chi connectivity index (χ4n) is 2.24. The van der Waals surface area contributed by atoms with Crippen molar-refractivity contribution in [3.8, 4) is 0 Å². The van der Waals surface area contributed by atoms with E-state index in [4.69, 9.17) is 9.79 Å². The van der Waals surface area contributed by atoms with Gasteiger partial charge >= 0.3 is 21.6 Å². The molecule has 0 aliphatic carbocycles. The van der Waals surface area contributed by atoms with Gasteiger partial charge in [-0.2, -0.15) is 4.31 Å². The lowest BCUT2D eigenvalue weighted by Crippen LogP contribution is -2.04. The van der Waals surface area contributed by atoms with Gasteiger partial charge in [-0.3, -0.25) is 4.52 Å². The Hall–Kier alpha value is -1.77. The highest BCUT2D eigenvalue weighted by Gasteiger charge is 2.31. The topological polar surface area (TPSA) is 152 Å². The van der Waals surface area contributed by atoms with Gasteiger partial charge in [-0.1, -0.05) is 23.3 Å². The molecule has 168 valence electrons. The molecular weight excluding hydrogens is 436 g/mol. The average molecular weight is 463 g/mol. The Morgan fingerprint density at radius 1 is 1.07 bits per heavy atom. The molecule has 0 radical (unpaired) electrons. The third-order valence-electron chi connectivity index (χ3n) is 3.79. The van der Waals surface area contributed by atoms with Crippen LogP contribution in [-0.4, -0.2) is 40.9 Å². The molecule has 1 aromatic rings. The van der Waals surface area contributed by atoms with Crippen molar-refractivity contribution < 1.29 is 42.2 Å². The van der Waals surface area contributed by atoms with Gasteiger partial charge in [-0.15, -0.1) is 0 Å². The van der Waals surface area contributed by atoms with Gasteiger partial charge in [0.2, 0.25) is 0 Å². The van der Waals surface area contributed by atoms with E-state index in [1.165, 1.54) is 13.2 Å². The number of anilines is 1. The molecule has 0 heterocycles. The number of hydrogen-bond donors (Lipinski definition) is 4. The molecule has 12 heteroatoms. The third kappa shape index (κ3) is 11.4. The summed E-state index contributed by atoms with van der Waals surface area (Å²) < 4.78 is 34.7. The second-order valence-electron chi connectivity index (χ2n) is 6.40. The predicted octanol–water partition coefficient (Wildman–Crippen LogP) is 3.78. The highest BCUT2D eigenvalue weighted by Crippen LogP contribution is 2.57. The van der Waals surface area contributed by atoms with Gasteiger partial charge in [0, 0.05) is 12.2 Å². The highest BCUT2D eigenvalue weighted by molar-refractivity contribution is 7.60. The zero-order valence-electron chi connectivity index (χ0n) is 17.0. The first-order valence-electron chi connectivity index (χ1n) is 8.89. The van der Waals surface area contributed by atoms with Gasteiger partial charge in [0.15, 0.2) is 0 Å². The van der Waals surface area contributed by atoms with Crippen LogP contribution in [0.5, 0.6) is 0 Å². The van der Waals surface area contributed by atoms with Crippen LogP contribution in [0.4, 0.5) is 5.69 Å². The summed E-state index contributed by atoms with van der Waals surface area (Å²) in [5.74, 6) is -0.387. The van der Waals surface area contributed by atoms with Gasteiger partial charge in [0.05, 0.1) is 19.3 Å². The van der Waals surface area contributed by atoms with E-state index < -0.39 is 15.6 Å². The number of phosphoric ester groups is 1. The second kappa shape index (κ2) is 12.2. The van der Waals surface area contributed by atoms with E-state index in [2.05, 4.69) is 18.9 Å². The summed E-state index contributed by atoms with van der Waals surface area (Å²) in [6, 6.07) is 6.95. The van der Waals surface area contributed by atoms with E-state index >= 15 is 0 Å². The van der Waals surface area contributed by atoms with Crippen molar-refractivity contribution >= 4 is 27.3 Å². The summed E-state index contributed by atoms with van der Waals surface area (Å²) in [5, 5.41) is 3.24. The Bertz CT molecular complexity index is 859. The number of benzene rings is 1. The number of carbonyl (C=O) groups excluding carboxylic acids is 1. The summed E-state index contributed by atoms with van der Waals surface area (Å²) in [4.78, 5) is 37.6. The summed E-state index contributed by atoms with van der Waals surface area (Å²) in [6.45, 7) is 4.08. The van der Waals surface area contributed by atoms with E-state index in [-0.39, 0.29) is 12.6 Å². The van der Waals surface area contributed by atoms with E-state index in [0.29, 0.717) is 18.5 Å². The van der Waals surface area contributed by atoms with Crippen LogP contribution < -0.4 is 5.32 Å². The molecule has 0 saturated heterocycles. The summed E-state index contributed by atoms with van der Waals surface area (Å²) in [7, 11) is -8.59. The smallest absolute Gasteiger partial charge is 0.465 e. The molecule has 0 bridgehead atoms. The monoisotopic (exact) mass is 463 g/mol. The first-order chi connectivity index (χ1) is 13.9. The third-order valence-corrected chi connectivity index (χ3v) is 5.94. The second-order valence-corrected chi connectivity index (χ2v) is 9.23. The molecule has 0 saturated carbocycles. The quantitative estimate of drug-likeness (QED) is 0.205. The van der Waals surface area contributed by atoms with Gasteiger partial charge in [0.25, 0.3) is 0 Å². The molecule has 1 atom stereocenters. The van der Waals surface area contributed by atoms with Crippen LogP contribution >= 0.6 is 15.6 Å². The maximum atomic E-state index is 11.4. The molecule has 0 aliphatic rings. The fraction of sp³-hybridized carbons (Fsp3) is 0.389. The number of rotatable bonds is 12. The van der Waals surface area contributed by atoms with Gasteiger partial charge in [0.1, 0.15) is 0 Å². The molecule has 0 aromatic heterocycles. The summed E-state index contributed by atoms with van der Waals surface area (Å²) in [6.07, 6.45) is 4.98. The number of nitrogens with one attached hydrogen (secondary N) is 1. The number of allylic oxidation sites excluding steroid dienone is 2. The van der Waals surface area contributed by atoms with Crippen molar-refractivity contribution in [2.24, 2.45) is 0 Å². The van der Waals surface area contributed by atoms with E-state index in [1.807, 2.05) is 13.0 Å². The number of methoxy groups -OCH3 is 1. The van der Waals surface area contributed by atoms with Crippen molar-refractivity contribution in [3.05, 3.63) is 53.1 Å². The van der Waals surface area contributed by atoms with Crippen LogP contribution in [0, 0.1) is 0 Å². The molecule has 1 aromatic carbocycles. The Kier molecular flexibility index (Phi) is 10.7. The molecule has 0 fully saturated rings. The molecular formula is C18H27NO9P2. The molecule has 10 nitrogen and oxygen atoms in total. The first-order valence-corrected chi connectivity index (χ1v) is 11.9. The van der Waals surface area contributed by atoms with Crippen LogP contribution in [0.2, 0.25) is 0 Å². The van der Waals surface area contributed by atoms with Crippen molar-refractivity contribution in [2.45, 2.75) is 26.7 Å². The minimum Gasteiger partial charge on any atom is -0.465 e. The zero-order valence-corrected chi connectivity index (χ0v) is 18.8. The minimum absolute atomic E-state index is 0.314. The van der Waals surface area contributed by atoms with Crippen molar-refractivity contribution in [1.82, 2.24) is 0 Å². The van der Waals surface area contributed by atoms with Crippen LogP contribution in [0.3, 0.4) is 0 Å². The largest absolute Gasteiger partial charge is 0.481 e. The predicted molar refractivity (Wildman–Crippen MR) is 112 cm³/mol.